The quantitative estimate of drug-likeness (QED) is 0.211. The first-order valence-corrected chi connectivity index (χ1v) is 13.5. The fraction of sp³-hybridized carbons (Fsp3) is 0.0800. The van der Waals surface area contributed by atoms with Crippen LogP contribution in [0.1, 0.15) is 5.56 Å². The van der Waals surface area contributed by atoms with Crippen LogP contribution >= 0.6 is 67.4 Å². The smallest absolute Gasteiger partial charge is 0.270 e. The minimum absolute atomic E-state index is 0.202. The Morgan fingerprint density at radius 3 is 2.67 bits per heavy atom. The average Bonchev–Trinajstić information content (AvgIpc) is 3.12. The molecule has 1 aliphatic heterocycles. The lowest BCUT2D eigenvalue weighted by molar-refractivity contribution is -0.118. The number of nitrogens with zero attached hydrogens (tertiary/aromatic N) is 1. The Bertz CT molecular complexity index is 1400. The van der Waals surface area contributed by atoms with Crippen molar-refractivity contribution in [2.45, 2.75) is 0 Å². The number of benzene rings is 3. The van der Waals surface area contributed by atoms with E-state index in [0.717, 1.165) is 14.5 Å². The zero-order valence-corrected chi connectivity index (χ0v) is 24.1. The third-order valence-corrected chi connectivity index (χ3v) is 7.94. The summed E-state index contributed by atoms with van der Waals surface area (Å²) in [4.78, 5) is 27.3. The van der Waals surface area contributed by atoms with Gasteiger partial charge in [-0.15, -0.1) is 0 Å². The number of methoxy groups -OCH3 is 1. The molecule has 36 heavy (non-hydrogen) atoms. The number of thioether (sulfide) groups is 1. The molecular formula is C25H17Br2ClN2O4S2. The minimum atomic E-state index is -0.351. The Morgan fingerprint density at radius 2 is 1.94 bits per heavy atom. The van der Waals surface area contributed by atoms with Gasteiger partial charge in [-0.1, -0.05) is 63.6 Å². The van der Waals surface area contributed by atoms with Gasteiger partial charge in [0.25, 0.3) is 11.8 Å². The van der Waals surface area contributed by atoms with E-state index in [1.54, 1.807) is 42.5 Å². The summed E-state index contributed by atoms with van der Waals surface area (Å²) in [6, 6.07) is 17.7. The molecule has 1 saturated heterocycles. The Kier molecular flexibility index (Phi) is 8.74. The van der Waals surface area contributed by atoms with Gasteiger partial charge >= 0.3 is 0 Å². The maximum Gasteiger partial charge on any atom is 0.270 e. The molecule has 1 fully saturated rings. The Labute approximate surface area is 239 Å². The van der Waals surface area contributed by atoms with Gasteiger partial charge in [0.15, 0.2) is 22.4 Å². The first-order chi connectivity index (χ1) is 17.2. The van der Waals surface area contributed by atoms with Crippen molar-refractivity contribution in [2.24, 2.45) is 0 Å². The maximum atomic E-state index is 13.0. The molecule has 0 radical (unpaired) electrons. The van der Waals surface area contributed by atoms with Crippen LogP contribution < -0.4 is 19.7 Å². The fourth-order valence-corrected chi connectivity index (χ4v) is 5.38. The van der Waals surface area contributed by atoms with E-state index in [1.165, 1.54) is 23.8 Å². The third kappa shape index (κ3) is 6.30. The summed E-state index contributed by atoms with van der Waals surface area (Å²) < 4.78 is 13.1. The monoisotopic (exact) mass is 666 g/mol. The lowest BCUT2D eigenvalue weighted by atomic mass is 10.2. The van der Waals surface area contributed by atoms with E-state index in [1.807, 2.05) is 24.3 Å². The van der Waals surface area contributed by atoms with Gasteiger partial charge in [-0.25, -0.2) is 0 Å². The molecule has 0 bridgehead atoms. The molecule has 0 unspecified atom stereocenters. The molecule has 0 atom stereocenters. The highest BCUT2D eigenvalue weighted by Crippen LogP contribution is 2.38. The second-order valence-corrected chi connectivity index (χ2v) is 11.2. The predicted octanol–water partition coefficient (Wildman–Crippen LogP) is 7.30. The van der Waals surface area contributed by atoms with Crippen LogP contribution in [0.4, 0.5) is 11.4 Å². The van der Waals surface area contributed by atoms with Crippen molar-refractivity contribution in [2.75, 3.05) is 23.9 Å². The van der Waals surface area contributed by atoms with Crippen LogP contribution in [0.5, 0.6) is 11.5 Å². The molecule has 1 N–H and O–H groups in total. The summed E-state index contributed by atoms with van der Waals surface area (Å²) in [5.74, 6) is 0.258. The van der Waals surface area contributed by atoms with E-state index in [4.69, 9.17) is 33.3 Å². The molecule has 0 aliphatic carbocycles. The number of carbonyl (C=O) groups is 2. The average molecular weight is 669 g/mol. The van der Waals surface area contributed by atoms with Crippen molar-refractivity contribution >= 4 is 101 Å². The second kappa shape index (κ2) is 11.8. The number of hydrogen-bond acceptors (Lipinski definition) is 6. The van der Waals surface area contributed by atoms with Gasteiger partial charge in [0.1, 0.15) is 0 Å². The standard InChI is InChI=1S/C25H17Br2ClN2O4S2/c1-33-21-9-14(10-22-24(32)30(25(35)36-22)17-4-2-3-15(26)11-17)5-8-20(21)34-13-23(31)29-16-6-7-18(27)19(28)12-16/h2-12H,13H2,1H3,(H,29,31)/b22-10+. The molecule has 3 aromatic rings. The minimum Gasteiger partial charge on any atom is -0.493 e. The molecule has 3 aromatic carbocycles. The number of rotatable bonds is 7. The molecule has 6 nitrogen and oxygen atoms in total. The summed E-state index contributed by atoms with van der Waals surface area (Å²) in [6.07, 6.45) is 1.74. The van der Waals surface area contributed by atoms with E-state index in [0.29, 0.717) is 37.1 Å². The summed E-state index contributed by atoms with van der Waals surface area (Å²) in [5, 5.41) is 3.21. The summed E-state index contributed by atoms with van der Waals surface area (Å²) >= 11 is 19.5. The number of thiocarbonyl (C=S) groups is 1. The molecule has 0 spiro atoms. The summed E-state index contributed by atoms with van der Waals surface area (Å²) in [6.45, 7) is -0.227. The molecule has 1 heterocycles. The Balaban J connectivity index is 1.45. The number of halogens is 3. The summed E-state index contributed by atoms with van der Waals surface area (Å²) in [7, 11) is 1.50. The molecule has 0 saturated carbocycles. The van der Waals surface area contributed by atoms with Crippen LogP contribution in [0.15, 0.2) is 74.5 Å². The molecule has 0 aromatic heterocycles. The van der Waals surface area contributed by atoms with Crippen LogP contribution in [0.2, 0.25) is 5.02 Å². The van der Waals surface area contributed by atoms with Crippen molar-refractivity contribution in [1.82, 2.24) is 0 Å². The molecule has 4 rings (SSSR count). The lowest BCUT2D eigenvalue weighted by Crippen LogP contribution is -2.27. The molecule has 11 heteroatoms. The highest BCUT2D eigenvalue weighted by molar-refractivity contribution is 9.10. The predicted molar refractivity (Wildman–Crippen MR) is 156 cm³/mol. The first-order valence-electron chi connectivity index (χ1n) is 10.3. The normalized spacial score (nSPS) is 14.3. The zero-order valence-electron chi connectivity index (χ0n) is 18.6. The van der Waals surface area contributed by atoms with E-state index in [2.05, 4.69) is 37.2 Å². The van der Waals surface area contributed by atoms with Crippen LogP contribution in [-0.2, 0) is 9.59 Å². The topological polar surface area (TPSA) is 67.9 Å². The van der Waals surface area contributed by atoms with Gasteiger partial charge in [-0.2, -0.15) is 0 Å². The molecule has 1 aliphatic rings. The van der Waals surface area contributed by atoms with Crippen LogP contribution in [-0.4, -0.2) is 29.9 Å². The number of nitrogens with one attached hydrogen (secondary N) is 1. The van der Waals surface area contributed by atoms with Gasteiger partial charge in [0, 0.05) is 14.6 Å². The second-order valence-electron chi connectivity index (χ2n) is 7.37. The van der Waals surface area contributed by atoms with Crippen molar-refractivity contribution < 1.29 is 19.1 Å². The van der Waals surface area contributed by atoms with Crippen molar-refractivity contribution in [3.63, 3.8) is 0 Å². The van der Waals surface area contributed by atoms with Gasteiger partial charge in [0.2, 0.25) is 0 Å². The van der Waals surface area contributed by atoms with Crippen molar-refractivity contribution in [1.29, 1.82) is 0 Å². The lowest BCUT2D eigenvalue weighted by Gasteiger charge is -2.14. The maximum absolute atomic E-state index is 13.0. The highest BCUT2D eigenvalue weighted by atomic mass is 79.9. The fourth-order valence-electron chi connectivity index (χ4n) is 3.26. The Hall–Kier alpha value is -2.37. The SMILES string of the molecule is COc1cc(/C=C2/SC(=S)N(c3cccc(Br)c3)C2=O)ccc1OCC(=O)Nc1ccc(Br)c(Cl)c1. The van der Waals surface area contributed by atoms with Gasteiger partial charge in [-0.3, -0.25) is 14.5 Å². The largest absolute Gasteiger partial charge is 0.493 e. The van der Waals surface area contributed by atoms with Crippen molar-refractivity contribution in [3.8, 4) is 11.5 Å². The van der Waals surface area contributed by atoms with Crippen LogP contribution in [0.3, 0.4) is 0 Å². The van der Waals surface area contributed by atoms with Crippen molar-refractivity contribution in [3.05, 3.63) is 85.1 Å². The number of carbonyl (C=O) groups excluding carboxylic acids is 2. The first kappa shape index (κ1) is 26.7. The molecular weight excluding hydrogens is 652 g/mol. The van der Waals surface area contributed by atoms with E-state index in [9.17, 15) is 9.59 Å². The van der Waals surface area contributed by atoms with E-state index in [-0.39, 0.29) is 18.4 Å². The number of ether oxygens (including phenoxy) is 2. The molecule has 2 amide bonds. The number of anilines is 2. The van der Waals surface area contributed by atoms with E-state index < -0.39 is 0 Å². The van der Waals surface area contributed by atoms with Crippen LogP contribution in [0.25, 0.3) is 6.08 Å². The number of amides is 2. The summed E-state index contributed by atoms with van der Waals surface area (Å²) in [5.41, 5.74) is 1.97. The van der Waals surface area contributed by atoms with Gasteiger partial charge in [0.05, 0.1) is 22.7 Å². The van der Waals surface area contributed by atoms with E-state index >= 15 is 0 Å². The van der Waals surface area contributed by atoms with Gasteiger partial charge in [-0.05, 0) is 76.1 Å². The number of hydrogen-bond donors (Lipinski definition) is 1. The van der Waals surface area contributed by atoms with Crippen LogP contribution in [0, 0.1) is 0 Å². The third-order valence-electron chi connectivity index (χ3n) is 4.91. The highest BCUT2D eigenvalue weighted by Gasteiger charge is 2.33. The zero-order chi connectivity index (χ0) is 25.8. The Morgan fingerprint density at radius 1 is 1.14 bits per heavy atom. The van der Waals surface area contributed by atoms with Gasteiger partial charge < -0.3 is 14.8 Å². The molecule has 184 valence electrons.